The second-order valence-corrected chi connectivity index (χ2v) is 5.04. The first-order valence-corrected chi connectivity index (χ1v) is 6.67. The largest absolute Gasteiger partial charge is 0.439 e. The highest BCUT2D eigenvalue weighted by Gasteiger charge is 2.27. The van der Waals surface area contributed by atoms with Gasteiger partial charge in [0.1, 0.15) is 0 Å². The molecule has 19 heavy (non-hydrogen) atoms. The third kappa shape index (κ3) is 2.55. The fourth-order valence-electron chi connectivity index (χ4n) is 2.49. The Labute approximate surface area is 112 Å². The Kier molecular flexibility index (Phi) is 3.36. The Hall–Kier alpha value is -1.65. The molecule has 0 bridgehead atoms. The van der Waals surface area contributed by atoms with E-state index in [9.17, 15) is 5.11 Å². The number of aliphatic hydroxyl groups is 1. The first-order chi connectivity index (χ1) is 9.24. The van der Waals surface area contributed by atoms with Crippen molar-refractivity contribution in [1.29, 1.82) is 0 Å². The molecule has 1 N–H and O–H groups in total. The summed E-state index contributed by atoms with van der Waals surface area (Å²) in [5.41, 5.74) is 1.04. The molecule has 1 fully saturated rings. The van der Waals surface area contributed by atoms with Crippen LogP contribution in [0.1, 0.15) is 25.3 Å². The first kappa shape index (κ1) is 12.4. The second-order valence-electron chi connectivity index (χ2n) is 5.04. The van der Waals surface area contributed by atoms with Gasteiger partial charge in [0.25, 0.3) is 0 Å². The number of aliphatic hydroxyl groups excluding tert-OH is 1. The minimum Gasteiger partial charge on any atom is -0.439 e. The number of benzene rings is 1. The van der Waals surface area contributed by atoms with Gasteiger partial charge < -0.3 is 9.52 Å². The van der Waals surface area contributed by atoms with Crippen LogP contribution in [0.15, 0.2) is 40.9 Å². The highest BCUT2D eigenvalue weighted by Crippen LogP contribution is 2.27. The van der Waals surface area contributed by atoms with E-state index in [4.69, 9.17) is 4.42 Å². The molecule has 1 saturated heterocycles. The van der Waals surface area contributed by atoms with E-state index in [1.807, 2.05) is 30.3 Å². The lowest BCUT2D eigenvalue weighted by Crippen LogP contribution is -2.25. The lowest BCUT2D eigenvalue weighted by Gasteiger charge is -2.20. The molecule has 1 aromatic heterocycles. The van der Waals surface area contributed by atoms with Gasteiger partial charge in [0, 0.05) is 18.7 Å². The number of oxazole rings is 1. The molecule has 2 heterocycles. The number of β-amino-alcohol motifs (C(OH)–C–C–N with tert-alkyl or cyclic N) is 1. The maximum Gasteiger partial charge on any atom is 0.211 e. The SMILES string of the molecule is CC(c1ncc(-c2ccccc2)o1)N1CC[C@@H](O)C1. The van der Waals surface area contributed by atoms with Crippen molar-refractivity contribution in [2.45, 2.75) is 25.5 Å². The van der Waals surface area contributed by atoms with E-state index in [-0.39, 0.29) is 12.1 Å². The number of aromatic nitrogens is 1. The lowest BCUT2D eigenvalue weighted by atomic mass is 10.2. The minimum absolute atomic E-state index is 0.106. The Morgan fingerprint density at radius 2 is 2.16 bits per heavy atom. The monoisotopic (exact) mass is 258 g/mol. The molecule has 4 nitrogen and oxygen atoms in total. The molecule has 0 saturated carbocycles. The molecule has 100 valence electrons. The maximum atomic E-state index is 9.59. The second kappa shape index (κ2) is 5.15. The molecule has 0 spiro atoms. The van der Waals surface area contributed by atoms with E-state index >= 15 is 0 Å². The Balaban J connectivity index is 1.78. The highest BCUT2D eigenvalue weighted by molar-refractivity contribution is 5.55. The first-order valence-electron chi connectivity index (χ1n) is 6.67. The van der Waals surface area contributed by atoms with Gasteiger partial charge in [-0.2, -0.15) is 0 Å². The van der Waals surface area contributed by atoms with Crippen molar-refractivity contribution in [1.82, 2.24) is 9.88 Å². The molecule has 4 heteroatoms. The molecular weight excluding hydrogens is 240 g/mol. The molecule has 1 unspecified atom stereocenters. The van der Waals surface area contributed by atoms with E-state index < -0.39 is 0 Å². The third-order valence-electron chi connectivity index (χ3n) is 3.68. The predicted octanol–water partition coefficient (Wildman–Crippen LogP) is 2.47. The number of hydrogen-bond donors (Lipinski definition) is 1. The summed E-state index contributed by atoms with van der Waals surface area (Å²) in [5.74, 6) is 1.51. The molecule has 0 amide bonds. The molecule has 1 aliphatic heterocycles. The highest BCUT2D eigenvalue weighted by atomic mass is 16.4. The van der Waals surface area contributed by atoms with Gasteiger partial charge in [-0.25, -0.2) is 4.98 Å². The van der Waals surface area contributed by atoms with Gasteiger partial charge in [-0.05, 0) is 13.3 Å². The van der Waals surface area contributed by atoms with Crippen LogP contribution in [-0.4, -0.2) is 34.2 Å². The average molecular weight is 258 g/mol. The minimum atomic E-state index is -0.217. The smallest absolute Gasteiger partial charge is 0.211 e. The Morgan fingerprint density at radius 3 is 2.84 bits per heavy atom. The van der Waals surface area contributed by atoms with Gasteiger partial charge in [-0.1, -0.05) is 30.3 Å². The topological polar surface area (TPSA) is 49.5 Å². The Bertz CT molecular complexity index is 538. The molecule has 0 aliphatic carbocycles. The zero-order chi connectivity index (χ0) is 13.2. The standard InChI is InChI=1S/C15H18N2O2/c1-11(17-8-7-13(18)10-17)15-16-9-14(19-15)12-5-3-2-4-6-12/h2-6,9,11,13,18H,7-8,10H2,1H3/t11?,13-/m1/s1. The zero-order valence-electron chi connectivity index (χ0n) is 11.0. The fraction of sp³-hybridized carbons (Fsp3) is 0.400. The molecule has 0 radical (unpaired) electrons. The van der Waals surface area contributed by atoms with E-state index in [1.165, 1.54) is 0 Å². The van der Waals surface area contributed by atoms with E-state index in [0.29, 0.717) is 12.4 Å². The molecular formula is C15H18N2O2. The van der Waals surface area contributed by atoms with Gasteiger partial charge in [-0.15, -0.1) is 0 Å². The molecule has 2 atom stereocenters. The maximum absolute atomic E-state index is 9.59. The molecule has 1 aliphatic rings. The molecule has 1 aromatic carbocycles. The van der Waals surface area contributed by atoms with E-state index in [2.05, 4.69) is 16.8 Å². The van der Waals surface area contributed by atoms with Crippen LogP contribution in [0.3, 0.4) is 0 Å². The summed E-state index contributed by atoms with van der Waals surface area (Å²) in [6.45, 7) is 3.66. The van der Waals surface area contributed by atoms with Crippen LogP contribution >= 0.6 is 0 Å². The van der Waals surface area contributed by atoms with Gasteiger partial charge in [0.05, 0.1) is 18.3 Å². The summed E-state index contributed by atoms with van der Waals surface area (Å²) in [6.07, 6.45) is 2.38. The zero-order valence-corrected chi connectivity index (χ0v) is 11.0. The van der Waals surface area contributed by atoms with Crippen LogP contribution in [0.5, 0.6) is 0 Å². The van der Waals surface area contributed by atoms with E-state index in [1.54, 1.807) is 6.20 Å². The number of rotatable bonds is 3. The molecule has 3 rings (SSSR count). The summed E-state index contributed by atoms with van der Waals surface area (Å²) in [5, 5.41) is 9.59. The van der Waals surface area contributed by atoms with Crippen LogP contribution in [0.4, 0.5) is 0 Å². The van der Waals surface area contributed by atoms with E-state index in [0.717, 1.165) is 24.3 Å². The van der Waals surface area contributed by atoms with Crippen molar-refractivity contribution in [3.05, 3.63) is 42.4 Å². The van der Waals surface area contributed by atoms with Gasteiger partial charge in [-0.3, -0.25) is 4.90 Å². The number of likely N-dealkylation sites (tertiary alicyclic amines) is 1. The van der Waals surface area contributed by atoms with Gasteiger partial charge in [0.2, 0.25) is 5.89 Å². The van der Waals surface area contributed by atoms with Crippen molar-refractivity contribution in [2.75, 3.05) is 13.1 Å². The summed E-state index contributed by atoms with van der Waals surface area (Å²) < 4.78 is 5.84. The normalized spacial score (nSPS) is 21.7. The molecule has 2 aromatic rings. The fourth-order valence-corrected chi connectivity index (χ4v) is 2.49. The van der Waals surface area contributed by atoms with Gasteiger partial charge in [0.15, 0.2) is 5.76 Å². The quantitative estimate of drug-likeness (QED) is 0.918. The third-order valence-corrected chi connectivity index (χ3v) is 3.68. The van der Waals surface area contributed by atoms with Gasteiger partial charge >= 0.3 is 0 Å². The Morgan fingerprint density at radius 1 is 1.37 bits per heavy atom. The number of hydrogen-bond acceptors (Lipinski definition) is 4. The van der Waals surface area contributed by atoms with Crippen LogP contribution < -0.4 is 0 Å². The van der Waals surface area contributed by atoms with Crippen LogP contribution in [0, 0.1) is 0 Å². The van der Waals surface area contributed by atoms with Crippen molar-refractivity contribution in [3.63, 3.8) is 0 Å². The summed E-state index contributed by atoms with van der Waals surface area (Å²) in [6, 6.07) is 10.1. The lowest BCUT2D eigenvalue weighted by molar-refractivity contribution is 0.155. The summed E-state index contributed by atoms with van der Waals surface area (Å²) >= 11 is 0. The summed E-state index contributed by atoms with van der Waals surface area (Å²) in [7, 11) is 0. The average Bonchev–Trinajstić information content (AvgIpc) is 3.08. The van der Waals surface area contributed by atoms with Crippen LogP contribution in [-0.2, 0) is 0 Å². The van der Waals surface area contributed by atoms with Crippen molar-refractivity contribution in [3.8, 4) is 11.3 Å². The summed E-state index contributed by atoms with van der Waals surface area (Å²) in [4.78, 5) is 6.57. The van der Waals surface area contributed by atoms with Crippen LogP contribution in [0.25, 0.3) is 11.3 Å². The predicted molar refractivity (Wildman–Crippen MR) is 72.6 cm³/mol. The van der Waals surface area contributed by atoms with Crippen molar-refractivity contribution >= 4 is 0 Å². The number of nitrogens with zero attached hydrogens (tertiary/aromatic N) is 2. The van der Waals surface area contributed by atoms with Crippen molar-refractivity contribution in [2.24, 2.45) is 0 Å². The van der Waals surface area contributed by atoms with Crippen molar-refractivity contribution < 1.29 is 9.52 Å². The van der Waals surface area contributed by atoms with Crippen LogP contribution in [0.2, 0.25) is 0 Å².